The van der Waals surface area contributed by atoms with Gasteiger partial charge in [-0.2, -0.15) is 0 Å². The monoisotopic (exact) mass is 322 g/mol. The van der Waals surface area contributed by atoms with Crippen LogP contribution in [0.3, 0.4) is 0 Å². The molecule has 1 rings (SSSR count). The third kappa shape index (κ3) is 6.61. The molecule has 0 amide bonds. The lowest BCUT2D eigenvalue weighted by Gasteiger charge is -2.22. The largest absolute Gasteiger partial charge is 0.507 e. The molecule has 0 aliphatic carbocycles. The summed E-state index contributed by atoms with van der Waals surface area (Å²) in [6.45, 7) is 8.66. The second-order valence-corrected chi connectivity index (χ2v) is 7.06. The van der Waals surface area contributed by atoms with Crippen molar-refractivity contribution in [3.8, 4) is 5.75 Å². The predicted octanol–water partition coefficient (Wildman–Crippen LogP) is 3.64. The van der Waals surface area contributed by atoms with Crippen LogP contribution in [0, 0.1) is 6.92 Å². The number of carbonyl (C=O) groups excluding carboxylic acids is 1. The van der Waals surface area contributed by atoms with E-state index in [1.807, 2.05) is 19.1 Å². The Bertz CT molecular complexity index is 515. The Morgan fingerprint density at radius 1 is 1.17 bits per heavy atom. The fraction of sp³-hybridized carbons (Fsp3) is 0.632. The number of aromatic hydroxyl groups is 1. The number of phenolic OH excluding ortho intramolecular Hbond substituents is 1. The molecule has 0 atom stereocenters. The maximum atomic E-state index is 11.6. The molecule has 23 heavy (non-hydrogen) atoms. The molecule has 4 heteroatoms. The molecule has 0 heterocycles. The van der Waals surface area contributed by atoms with E-state index in [-0.39, 0.29) is 18.0 Å². The summed E-state index contributed by atoms with van der Waals surface area (Å²) >= 11 is 0. The molecule has 1 aromatic carbocycles. The highest BCUT2D eigenvalue weighted by Gasteiger charge is 2.20. The molecule has 0 saturated carbocycles. The van der Waals surface area contributed by atoms with Crippen LogP contribution in [-0.2, 0) is 21.4 Å². The summed E-state index contributed by atoms with van der Waals surface area (Å²) in [5.41, 5.74) is 2.84. The molecule has 0 unspecified atom stereocenters. The molecule has 0 aromatic heterocycles. The molecular formula is C19H30O4. The van der Waals surface area contributed by atoms with Crippen LogP contribution in [0.1, 0.15) is 63.1 Å². The van der Waals surface area contributed by atoms with Crippen molar-refractivity contribution in [2.45, 2.75) is 65.2 Å². The average Bonchev–Trinajstić information content (AvgIpc) is 2.46. The van der Waals surface area contributed by atoms with E-state index in [2.05, 4.69) is 20.8 Å². The standard InChI is InChI=1S/C19H30O4/c1-14-12-15(13-16(18(14)22)19(2,3)4)8-7-9-17(21)23-11-6-5-10-20/h12-13,20,22H,5-11H2,1-4H3. The van der Waals surface area contributed by atoms with Gasteiger partial charge in [-0.25, -0.2) is 0 Å². The summed E-state index contributed by atoms with van der Waals surface area (Å²) < 4.78 is 5.11. The summed E-state index contributed by atoms with van der Waals surface area (Å²) in [5, 5.41) is 18.9. The van der Waals surface area contributed by atoms with E-state index < -0.39 is 0 Å². The highest BCUT2D eigenvalue weighted by atomic mass is 16.5. The van der Waals surface area contributed by atoms with Crippen molar-refractivity contribution in [3.05, 3.63) is 28.8 Å². The third-order valence-electron chi connectivity index (χ3n) is 3.83. The fourth-order valence-electron chi connectivity index (χ4n) is 2.48. The van der Waals surface area contributed by atoms with E-state index in [0.717, 1.165) is 29.5 Å². The number of unbranched alkanes of at least 4 members (excludes halogenated alkanes) is 1. The zero-order valence-corrected chi connectivity index (χ0v) is 14.8. The van der Waals surface area contributed by atoms with Gasteiger partial charge >= 0.3 is 5.97 Å². The SMILES string of the molecule is Cc1cc(CCCC(=O)OCCCCO)cc(C(C)(C)C)c1O. The van der Waals surface area contributed by atoms with Crippen LogP contribution < -0.4 is 0 Å². The van der Waals surface area contributed by atoms with Gasteiger partial charge in [0.05, 0.1) is 6.61 Å². The van der Waals surface area contributed by atoms with Gasteiger partial charge in [-0.1, -0.05) is 32.9 Å². The van der Waals surface area contributed by atoms with Crippen LogP contribution >= 0.6 is 0 Å². The first-order valence-electron chi connectivity index (χ1n) is 8.35. The van der Waals surface area contributed by atoms with E-state index in [9.17, 15) is 9.90 Å². The van der Waals surface area contributed by atoms with Gasteiger partial charge in [0.25, 0.3) is 0 Å². The third-order valence-corrected chi connectivity index (χ3v) is 3.83. The normalized spacial score (nSPS) is 11.5. The molecule has 0 radical (unpaired) electrons. The Morgan fingerprint density at radius 2 is 1.87 bits per heavy atom. The molecular weight excluding hydrogens is 292 g/mol. The topological polar surface area (TPSA) is 66.8 Å². The van der Waals surface area contributed by atoms with Gasteiger partial charge in [0, 0.05) is 13.0 Å². The van der Waals surface area contributed by atoms with Gasteiger partial charge in [-0.15, -0.1) is 0 Å². The minimum absolute atomic E-state index is 0.115. The van der Waals surface area contributed by atoms with Crippen LogP contribution in [0.5, 0.6) is 5.75 Å². The number of rotatable bonds is 8. The lowest BCUT2D eigenvalue weighted by atomic mass is 9.83. The second-order valence-electron chi connectivity index (χ2n) is 7.06. The van der Waals surface area contributed by atoms with Crippen molar-refractivity contribution in [1.82, 2.24) is 0 Å². The Morgan fingerprint density at radius 3 is 2.48 bits per heavy atom. The molecule has 0 saturated heterocycles. The Balaban J connectivity index is 2.52. The van der Waals surface area contributed by atoms with Gasteiger partial charge in [-0.3, -0.25) is 4.79 Å². The first-order chi connectivity index (χ1) is 10.8. The summed E-state index contributed by atoms with van der Waals surface area (Å²) in [5.74, 6) is 0.180. The molecule has 2 N–H and O–H groups in total. The number of hydrogen-bond acceptors (Lipinski definition) is 4. The number of aliphatic hydroxyl groups excluding tert-OH is 1. The predicted molar refractivity (Wildman–Crippen MR) is 91.8 cm³/mol. The van der Waals surface area contributed by atoms with Gasteiger partial charge in [-0.05, 0) is 54.7 Å². The van der Waals surface area contributed by atoms with Crippen molar-refractivity contribution in [2.75, 3.05) is 13.2 Å². The first-order valence-corrected chi connectivity index (χ1v) is 8.35. The van der Waals surface area contributed by atoms with Crippen molar-refractivity contribution in [3.63, 3.8) is 0 Å². The van der Waals surface area contributed by atoms with Gasteiger partial charge in [0.2, 0.25) is 0 Å². The minimum Gasteiger partial charge on any atom is -0.507 e. The van der Waals surface area contributed by atoms with Crippen LogP contribution in [0.15, 0.2) is 12.1 Å². The van der Waals surface area contributed by atoms with E-state index in [1.54, 1.807) is 0 Å². The van der Waals surface area contributed by atoms with Crippen LogP contribution in [0.4, 0.5) is 0 Å². The smallest absolute Gasteiger partial charge is 0.305 e. The number of esters is 1. The summed E-state index contributed by atoms with van der Waals surface area (Å²) in [6.07, 6.45) is 3.27. The lowest BCUT2D eigenvalue weighted by molar-refractivity contribution is -0.143. The number of aryl methyl sites for hydroxylation is 2. The number of ether oxygens (including phenoxy) is 1. The number of benzene rings is 1. The maximum Gasteiger partial charge on any atom is 0.305 e. The van der Waals surface area contributed by atoms with Crippen molar-refractivity contribution in [1.29, 1.82) is 0 Å². The fourth-order valence-corrected chi connectivity index (χ4v) is 2.48. The Hall–Kier alpha value is -1.55. The van der Waals surface area contributed by atoms with Gasteiger partial charge in [0.1, 0.15) is 5.75 Å². The lowest BCUT2D eigenvalue weighted by Crippen LogP contribution is -2.12. The molecule has 1 aromatic rings. The Kier molecular flexibility index (Phi) is 7.56. The highest BCUT2D eigenvalue weighted by molar-refractivity contribution is 5.69. The number of phenols is 1. The number of aliphatic hydroxyl groups is 1. The van der Waals surface area contributed by atoms with E-state index in [4.69, 9.17) is 9.84 Å². The molecule has 0 aliphatic rings. The van der Waals surface area contributed by atoms with Crippen molar-refractivity contribution in [2.24, 2.45) is 0 Å². The minimum atomic E-state index is -0.186. The highest BCUT2D eigenvalue weighted by Crippen LogP contribution is 2.34. The molecule has 0 aliphatic heterocycles. The number of carbonyl (C=O) groups is 1. The van der Waals surface area contributed by atoms with Gasteiger partial charge in [0.15, 0.2) is 0 Å². The summed E-state index contributed by atoms with van der Waals surface area (Å²) in [6, 6.07) is 4.02. The first kappa shape index (κ1) is 19.5. The van der Waals surface area contributed by atoms with Crippen molar-refractivity contribution >= 4 is 5.97 Å². The van der Waals surface area contributed by atoms with Crippen LogP contribution in [0.25, 0.3) is 0 Å². The molecule has 0 bridgehead atoms. The maximum absolute atomic E-state index is 11.6. The second kappa shape index (κ2) is 8.92. The molecule has 4 nitrogen and oxygen atoms in total. The van der Waals surface area contributed by atoms with E-state index >= 15 is 0 Å². The summed E-state index contributed by atoms with van der Waals surface area (Å²) in [4.78, 5) is 11.6. The van der Waals surface area contributed by atoms with E-state index in [0.29, 0.717) is 31.6 Å². The zero-order chi connectivity index (χ0) is 17.5. The summed E-state index contributed by atoms with van der Waals surface area (Å²) in [7, 11) is 0. The van der Waals surface area contributed by atoms with Gasteiger partial charge < -0.3 is 14.9 Å². The number of hydrogen-bond donors (Lipinski definition) is 2. The van der Waals surface area contributed by atoms with Crippen molar-refractivity contribution < 1.29 is 19.7 Å². The molecule has 130 valence electrons. The van der Waals surface area contributed by atoms with Crippen LogP contribution in [-0.4, -0.2) is 29.4 Å². The Labute approximate surface area is 139 Å². The average molecular weight is 322 g/mol. The zero-order valence-electron chi connectivity index (χ0n) is 14.8. The van der Waals surface area contributed by atoms with Crippen LogP contribution in [0.2, 0.25) is 0 Å². The molecule has 0 fully saturated rings. The van der Waals surface area contributed by atoms with E-state index in [1.165, 1.54) is 0 Å². The quantitative estimate of drug-likeness (QED) is 0.566. The molecule has 0 spiro atoms.